The minimum absolute atomic E-state index is 0.330. The molecule has 0 saturated carbocycles. The van der Waals surface area contributed by atoms with Crippen molar-refractivity contribution in [3.63, 3.8) is 0 Å². The number of aromatic hydroxyl groups is 1. The summed E-state index contributed by atoms with van der Waals surface area (Å²) in [5.74, 6) is 1.82. The molecular formula is C17H21NO3. The first-order chi connectivity index (χ1) is 10.2. The molecule has 0 bridgehead atoms. The van der Waals surface area contributed by atoms with Crippen molar-refractivity contribution < 1.29 is 14.6 Å². The number of hydrogen-bond donors (Lipinski definition) is 2. The van der Waals surface area contributed by atoms with Crippen LogP contribution in [0.4, 0.5) is 0 Å². The Hall–Kier alpha value is -2.20. The highest BCUT2D eigenvalue weighted by atomic mass is 16.5. The Bertz CT molecular complexity index is 584. The van der Waals surface area contributed by atoms with Crippen molar-refractivity contribution in [2.75, 3.05) is 20.8 Å². The summed E-state index contributed by atoms with van der Waals surface area (Å²) in [6, 6.07) is 13.3. The summed E-state index contributed by atoms with van der Waals surface area (Å²) >= 11 is 0. The standard InChI is InChI=1S/C17H21NO3/c1-20-16-8-7-13(11-17(16)21-2)9-10-18-12-14-5-3-4-6-15(14)19/h3-8,11,18-19H,9-10,12H2,1-2H3. The largest absolute Gasteiger partial charge is 0.508 e. The van der Waals surface area contributed by atoms with Crippen LogP contribution in [0.2, 0.25) is 0 Å². The topological polar surface area (TPSA) is 50.7 Å². The zero-order valence-corrected chi connectivity index (χ0v) is 12.4. The molecule has 0 atom stereocenters. The molecule has 0 spiro atoms. The van der Waals surface area contributed by atoms with Gasteiger partial charge in [0.25, 0.3) is 0 Å². The Morgan fingerprint density at radius 1 is 1.00 bits per heavy atom. The summed E-state index contributed by atoms with van der Waals surface area (Å²) in [6.45, 7) is 1.48. The lowest BCUT2D eigenvalue weighted by Gasteiger charge is -2.10. The molecule has 112 valence electrons. The van der Waals surface area contributed by atoms with Crippen molar-refractivity contribution in [1.29, 1.82) is 0 Å². The van der Waals surface area contributed by atoms with Crippen molar-refractivity contribution in [3.05, 3.63) is 53.6 Å². The highest BCUT2D eigenvalue weighted by molar-refractivity contribution is 5.43. The summed E-state index contributed by atoms with van der Waals surface area (Å²) in [5.41, 5.74) is 2.09. The number of rotatable bonds is 7. The van der Waals surface area contributed by atoms with Crippen molar-refractivity contribution in [2.45, 2.75) is 13.0 Å². The van der Waals surface area contributed by atoms with Crippen LogP contribution < -0.4 is 14.8 Å². The van der Waals surface area contributed by atoms with Gasteiger partial charge in [-0.05, 0) is 36.7 Å². The van der Waals surface area contributed by atoms with E-state index in [1.165, 1.54) is 5.56 Å². The molecule has 0 fully saturated rings. The zero-order valence-electron chi connectivity index (χ0n) is 12.4. The van der Waals surface area contributed by atoms with Gasteiger partial charge in [0.05, 0.1) is 14.2 Å². The van der Waals surface area contributed by atoms with Gasteiger partial charge in [-0.25, -0.2) is 0 Å². The quantitative estimate of drug-likeness (QED) is 0.769. The first kappa shape index (κ1) is 15.2. The van der Waals surface area contributed by atoms with E-state index < -0.39 is 0 Å². The second-order valence-corrected chi connectivity index (χ2v) is 4.74. The van der Waals surface area contributed by atoms with Gasteiger partial charge >= 0.3 is 0 Å². The number of nitrogens with one attached hydrogen (secondary N) is 1. The van der Waals surface area contributed by atoms with E-state index >= 15 is 0 Å². The summed E-state index contributed by atoms with van der Waals surface area (Å²) in [5, 5.41) is 13.0. The fraction of sp³-hybridized carbons (Fsp3) is 0.294. The second kappa shape index (κ2) is 7.55. The molecule has 0 amide bonds. The third-order valence-electron chi connectivity index (χ3n) is 3.35. The summed E-state index contributed by atoms with van der Waals surface area (Å²) in [7, 11) is 3.27. The maximum absolute atomic E-state index is 9.68. The third kappa shape index (κ3) is 4.13. The van der Waals surface area contributed by atoms with Gasteiger partial charge in [-0.15, -0.1) is 0 Å². The average molecular weight is 287 g/mol. The van der Waals surface area contributed by atoms with Crippen molar-refractivity contribution >= 4 is 0 Å². The van der Waals surface area contributed by atoms with E-state index in [2.05, 4.69) is 5.32 Å². The van der Waals surface area contributed by atoms with Crippen LogP contribution in [0.5, 0.6) is 17.2 Å². The molecule has 2 aromatic rings. The molecule has 0 radical (unpaired) electrons. The summed E-state index contributed by atoms with van der Waals surface area (Å²) in [6.07, 6.45) is 0.883. The van der Waals surface area contributed by atoms with E-state index in [9.17, 15) is 5.11 Å². The number of phenols is 1. The lowest BCUT2D eigenvalue weighted by atomic mass is 10.1. The summed E-state index contributed by atoms with van der Waals surface area (Å²) < 4.78 is 10.5. The van der Waals surface area contributed by atoms with E-state index in [1.807, 2.05) is 36.4 Å². The van der Waals surface area contributed by atoms with Gasteiger partial charge in [-0.1, -0.05) is 24.3 Å². The van der Waals surface area contributed by atoms with Gasteiger partial charge in [-0.3, -0.25) is 0 Å². The van der Waals surface area contributed by atoms with Gasteiger partial charge in [0.2, 0.25) is 0 Å². The molecule has 2 rings (SSSR count). The number of hydrogen-bond acceptors (Lipinski definition) is 4. The highest BCUT2D eigenvalue weighted by Crippen LogP contribution is 2.27. The highest BCUT2D eigenvalue weighted by Gasteiger charge is 2.04. The van der Waals surface area contributed by atoms with E-state index in [0.29, 0.717) is 12.3 Å². The SMILES string of the molecule is COc1ccc(CCNCc2ccccc2O)cc1OC. The Morgan fingerprint density at radius 3 is 2.48 bits per heavy atom. The summed E-state index contributed by atoms with van der Waals surface area (Å²) in [4.78, 5) is 0. The van der Waals surface area contributed by atoms with Gasteiger partial charge in [0, 0.05) is 12.1 Å². The molecule has 0 heterocycles. The van der Waals surface area contributed by atoms with Crippen LogP contribution in [0, 0.1) is 0 Å². The Labute approximate surface area is 125 Å². The normalized spacial score (nSPS) is 10.4. The fourth-order valence-electron chi connectivity index (χ4n) is 2.15. The first-order valence-corrected chi connectivity index (χ1v) is 6.93. The Balaban J connectivity index is 1.85. The molecule has 2 N–H and O–H groups in total. The van der Waals surface area contributed by atoms with Crippen LogP contribution in [-0.4, -0.2) is 25.9 Å². The number of phenolic OH excluding ortho intramolecular Hbond substituents is 1. The molecular weight excluding hydrogens is 266 g/mol. The smallest absolute Gasteiger partial charge is 0.160 e. The number of methoxy groups -OCH3 is 2. The van der Waals surface area contributed by atoms with E-state index in [-0.39, 0.29) is 0 Å². The van der Waals surface area contributed by atoms with Crippen molar-refractivity contribution in [1.82, 2.24) is 5.32 Å². The molecule has 4 heteroatoms. The molecule has 21 heavy (non-hydrogen) atoms. The average Bonchev–Trinajstić information content (AvgIpc) is 2.52. The van der Waals surface area contributed by atoms with Gasteiger partial charge in [0.15, 0.2) is 11.5 Å². The molecule has 0 aliphatic carbocycles. The zero-order chi connectivity index (χ0) is 15.1. The molecule has 4 nitrogen and oxygen atoms in total. The number of benzene rings is 2. The minimum atomic E-state index is 0.330. The Morgan fingerprint density at radius 2 is 1.76 bits per heavy atom. The van der Waals surface area contributed by atoms with E-state index in [4.69, 9.17) is 9.47 Å². The van der Waals surface area contributed by atoms with Crippen LogP contribution in [-0.2, 0) is 13.0 Å². The monoisotopic (exact) mass is 287 g/mol. The van der Waals surface area contributed by atoms with Crippen LogP contribution in [0.15, 0.2) is 42.5 Å². The Kier molecular flexibility index (Phi) is 5.46. The molecule has 0 aromatic heterocycles. The van der Waals surface area contributed by atoms with Crippen molar-refractivity contribution in [3.8, 4) is 17.2 Å². The molecule has 2 aromatic carbocycles. The lowest BCUT2D eigenvalue weighted by Crippen LogP contribution is -2.16. The third-order valence-corrected chi connectivity index (χ3v) is 3.35. The van der Waals surface area contributed by atoms with Gasteiger partial charge < -0.3 is 19.9 Å². The number of para-hydroxylation sites is 1. The second-order valence-electron chi connectivity index (χ2n) is 4.74. The molecule has 0 saturated heterocycles. The van der Waals surface area contributed by atoms with Crippen LogP contribution in [0.25, 0.3) is 0 Å². The minimum Gasteiger partial charge on any atom is -0.508 e. The van der Waals surface area contributed by atoms with Gasteiger partial charge in [-0.2, -0.15) is 0 Å². The molecule has 0 aliphatic rings. The molecule has 0 unspecified atom stereocenters. The predicted molar refractivity (Wildman–Crippen MR) is 83.1 cm³/mol. The van der Waals surface area contributed by atoms with Crippen LogP contribution in [0.1, 0.15) is 11.1 Å². The van der Waals surface area contributed by atoms with E-state index in [1.54, 1.807) is 20.3 Å². The van der Waals surface area contributed by atoms with Crippen LogP contribution >= 0.6 is 0 Å². The van der Waals surface area contributed by atoms with E-state index in [0.717, 1.165) is 30.0 Å². The maximum Gasteiger partial charge on any atom is 0.160 e. The molecule has 0 aliphatic heterocycles. The van der Waals surface area contributed by atoms with Crippen molar-refractivity contribution in [2.24, 2.45) is 0 Å². The van der Waals surface area contributed by atoms with Crippen LogP contribution in [0.3, 0.4) is 0 Å². The lowest BCUT2D eigenvalue weighted by molar-refractivity contribution is 0.354. The first-order valence-electron chi connectivity index (χ1n) is 6.93. The van der Waals surface area contributed by atoms with Gasteiger partial charge in [0.1, 0.15) is 5.75 Å². The number of ether oxygens (including phenoxy) is 2. The fourth-order valence-corrected chi connectivity index (χ4v) is 2.15. The maximum atomic E-state index is 9.68. The predicted octanol–water partition coefficient (Wildman–Crippen LogP) is 2.74.